The van der Waals surface area contributed by atoms with Crippen molar-refractivity contribution in [2.75, 3.05) is 19.8 Å². The number of aliphatic hydroxyl groups excluding tert-OH is 8. The van der Waals surface area contributed by atoms with E-state index in [4.69, 9.17) is 28.4 Å². The van der Waals surface area contributed by atoms with Gasteiger partial charge in [-0.15, -0.1) is 0 Å². The van der Waals surface area contributed by atoms with Crippen molar-refractivity contribution in [3.63, 3.8) is 0 Å². The van der Waals surface area contributed by atoms with Gasteiger partial charge in [-0.2, -0.15) is 0 Å². The van der Waals surface area contributed by atoms with E-state index in [-0.39, 0.29) is 17.3 Å². The lowest BCUT2D eigenvalue weighted by molar-refractivity contribution is -0.389. The van der Waals surface area contributed by atoms with E-state index in [1.807, 2.05) is 0 Å². The SMILES string of the molecule is C=C(CC[C@@H](C)[C@H]1CC[C@@]2(C(=O)O)C3=C(CC[C@]12C)[C@@]1(C)CC[C@H](O[C@@H]2O[C@H](CO)[C@H](O)[C@H](O[C@@H]4OC[C@H](O)[C@H](O)[C@H]4O)[C@H]2O[C@@H]2O[C@H](CO)[C@@H](O)[C@H](O)[C@H]2NC(C)=O)C(C)(C)[C@@H]1CC3)C(C)C. The highest BCUT2D eigenvalue weighted by atomic mass is 16.8. The minimum atomic E-state index is -1.80. The van der Waals surface area contributed by atoms with Crippen LogP contribution in [0.25, 0.3) is 0 Å². The molecule has 3 heterocycles. The van der Waals surface area contributed by atoms with E-state index in [2.05, 4.69) is 60.4 Å². The predicted molar refractivity (Wildman–Crippen MR) is 243 cm³/mol. The zero-order valence-electron chi connectivity index (χ0n) is 41.2. The van der Waals surface area contributed by atoms with E-state index in [1.54, 1.807) is 0 Å². The fourth-order valence-corrected chi connectivity index (χ4v) is 14.3. The average molecular weight is 968 g/mol. The molecule has 0 unspecified atom stereocenters. The maximum absolute atomic E-state index is 13.9. The molecule has 10 N–H and O–H groups in total. The molecule has 0 aromatic rings. The van der Waals surface area contributed by atoms with Gasteiger partial charge in [0.25, 0.3) is 0 Å². The molecule has 18 heteroatoms. The first-order valence-electron chi connectivity index (χ1n) is 25.0. The number of amides is 1. The van der Waals surface area contributed by atoms with Crippen LogP contribution in [-0.2, 0) is 38.0 Å². The summed E-state index contributed by atoms with van der Waals surface area (Å²) >= 11 is 0. The first kappa shape index (κ1) is 53.7. The number of ether oxygens (including phenoxy) is 6. The van der Waals surface area contributed by atoms with Gasteiger partial charge in [-0.25, -0.2) is 0 Å². The van der Waals surface area contributed by atoms with E-state index in [9.17, 15) is 55.5 Å². The molecule has 0 spiro atoms. The van der Waals surface area contributed by atoms with Crippen LogP contribution in [-0.4, -0.2) is 170 Å². The van der Waals surface area contributed by atoms with Crippen LogP contribution in [0.15, 0.2) is 23.3 Å². The summed E-state index contributed by atoms with van der Waals surface area (Å²) in [7, 11) is 0. The molecule has 4 aliphatic carbocycles. The Bertz CT molecular complexity index is 1860. The first-order valence-corrected chi connectivity index (χ1v) is 25.0. The van der Waals surface area contributed by atoms with Crippen LogP contribution in [0.4, 0.5) is 0 Å². The van der Waals surface area contributed by atoms with Crippen molar-refractivity contribution in [2.24, 2.45) is 45.3 Å². The van der Waals surface area contributed by atoms with Crippen LogP contribution in [0, 0.1) is 45.3 Å². The number of hydrogen-bond donors (Lipinski definition) is 10. The van der Waals surface area contributed by atoms with Crippen molar-refractivity contribution in [3.8, 4) is 0 Å². The number of carboxylic acids is 1. The Morgan fingerprint density at radius 2 is 1.41 bits per heavy atom. The number of aliphatic carboxylic acids is 1. The maximum atomic E-state index is 13.9. The number of nitrogens with one attached hydrogen (secondary N) is 1. The van der Waals surface area contributed by atoms with E-state index >= 15 is 0 Å². The van der Waals surface area contributed by atoms with Gasteiger partial charge in [-0.3, -0.25) is 9.59 Å². The lowest BCUT2D eigenvalue weighted by atomic mass is 9.43. The third-order valence-corrected chi connectivity index (χ3v) is 18.4. The van der Waals surface area contributed by atoms with Crippen molar-refractivity contribution in [2.45, 2.75) is 212 Å². The summed E-state index contributed by atoms with van der Waals surface area (Å²) in [5.41, 5.74) is 1.25. The lowest BCUT2D eigenvalue weighted by Crippen LogP contribution is -2.69. The molecule has 68 heavy (non-hydrogen) atoms. The molecule has 0 aromatic heterocycles. The van der Waals surface area contributed by atoms with Crippen molar-refractivity contribution in [1.29, 1.82) is 0 Å². The number of rotatable bonds is 15. The second kappa shape index (κ2) is 20.4. The smallest absolute Gasteiger partial charge is 0.314 e. The van der Waals surface area contributed by atoms with E-state index < -0.39 is 140 Å². The molecule has 388 valence electrons. The molecule has 3 saturated heterocycles. The molecule has 7 aliphatic rings. The summed E-state index contributed by atoms with van der Waals surface area (Å²) in [5, 5.41) is 100. The fourth-order valence-electron chi connectivity index (χ4n) is 14.3. The maximum Gasteiger partial charge on any atom is 0.314 e. The van der Waals surface area contributed by atoms with Crippen LogP contribution < -0.4 is 5.32 Å². The van der Waals surface area contributed by atoms with Gasteiger partial charge in [0.05, 0.1) is 31.3 Å². The summed E-state index contributed by atoms with van der Waals surface area (Å²) < 4.78 is 37.5. The molecule has 0 bridgehead atoms. The third kappa shape index (κ3) is 9.17. The van der Waals surface area contributed by atoms with E-state index in [0.29, 0.717) is 43.9 Å². The third-order valence-electron chi connectivity index (χ3n) is 18.4. The molecule has 3 aliphatic heterocycles. The number of fused-ring (bicyclic) bond motifs is 4. The van der Waals surface area contributed by atoms with E-state index in [0.717, 1.165) is 37.7 Å². The van der Waals surface area contributed by atoms with Crippen molar-refractivity contribution in [1.82, 2.24) is 5.32 Å². The van der Waals surface area contributed by atoms with E-state index in [1.165, 1.54) is 18.1 Å². The van der Waals surface area contributed by atoms with Gasteiger partial charge in [-0.1, -0.05) is 71.8 Å². The quantitative estimate of drug-likeness (QED) is 0.105. The number of aliphatic hydroxyl groups is 8. The summed E-state index contributed by atoms with van der Waals surface area (Å²) in [6.07, 6.45) is -13.8. The predicted octanol–water partition coefficient (Wildman–Crippen LogP) is 2.05. The number of carbonyl (C=O) groups is 2. The topological polar surface area (TPSA) is 284 Å². The van der Waals surface area contributed by atoms with Crippen molar-refractivity contribution in [3.05, 3.63) is 23.3 Å². The molecule has 0 radical (unpaired) electrons. The van der Waals surface area contributed by atoms with Crippen LogP contribution in [0.5, 0.6) is 0 Å². The zero-order valence-corrected chi connectivity index (χ0v) is 41.2. The normalized spacial score (nSPS) is 46.3. The Hall–Kier alpha value is -2.14. The highest BCUT2D eigenvalue weighted by Gasteiger charge is 2.69. The standard InChI is InChI=1S/C50H81NO17/c1-23(2)24(3)10-11-25(4)27-15-19-50(46(61)62)29-12-13-33-47(6,7)34(16-17-48(33,8)28(29)14-18-49(27,50)9)66-45-42(68-43-35(51-26(5)54)39(59)37(57)31(20-52)64-43)41(38(58)32(21-53)65-45)67-44-40(60)36(56)30(55)22-63-44/h23,25,27,30-45,52-53,55-60H,3,10-22H2,1-2,4-9H3,(H,51,54)(H,61,62)/t25-,27-,30+,31-,32-,33+,34+,35-,36+,37-,38+,39-,40-,41+,42-,43+,44+,45+,48-,49-,50+/m1/s1. The minimum absolute atomic E-state index is 0.0154. The lowest BCUT2D eigenvalue weighted by Gasteiger charge is -2.62. The van der Waals surface area contributed by atoms with Gasteiger partial charge in [0.15, 0.2) is 18.9 Å². The summed E-state index contributed by atoms with van der Waals surface area (Å²) in [5.74, 6) is -0.318. The van der Waals surface area contributed by atoms with Gasteiger partial charge in [0.2, 0.25) is 5.91 Å². The summed E-state index contributed by atoms with van der Waals surface area (Å²) in [4.78, 5) is 26.4. The van der Waals surface area contributed by atoms with Crippen molar-refractivity contribution >= 4 is 11.9 Å². The molecule has 18 nitrogen and oxygen atoms in total. The fraction of sp³-hybridized carbons (Fsp3) is 0.880. The Morgan fingerprint density at radius 1 is 0.765 bits per heavy atom. The second-order valence-corrected chi connectivity index (χ2v) is 22.7. The summed E-state index contributed by atoms with van der Waals surface area (Å²) in [6, 6.07) is -1.43. The first-order chi connectivity index (χ1) is 31.9. The van der Waals surface area contributed by atoms with Gasteiger partial charge in [-0.05, 0) is 104 Å². The number of carboxylic acid groups (broad SMARTS) is 1. The molecular weight excluding hydrogens is 887 g/mol. The van der Waals surface area contributed by atoms with Gasteiger partial charge >= 0.3 is 5.97 Å². The molecule has 7 rings (SSSR count). The second-order valence-electron chi connectivity index (χ2n) is 22.7. The Labute approximate surface area is 400 Å². The van der Waals surface area contributed by atoms with Crippen LogP contribution >= 0.6 is 0 Å². The minimum Gasteiger partial charge on any atom is -0.481 e. The molecule has 2 saturated carbocycles. The zero-order chi connectivity index (χ0) is 50.0. The number of carbonyl (C=O) groups excluding carboxylic acids is 1. The monoisotopic (exact) mass is 968 g/mol. The highest BCUT2D eigenvalue weighted by molar-refractivity contribution is 5.82. The Balaban J connectivity index is 1.20. The van der Waals surface area contributed by atoms with Crippen molar-refractivity contribution < 1.29 is 84.0 Å². The average Bonchev–Trinajstić information content (AvgIpc) is 3.61. The van der Waals surface area contributed by atoms with Gasteiger partial charge in [0.1, 0.15) is 67.1 Å². The van der Waals surface area contributed by atoms with Crippen LogP contribution in [0.3, 0.4) is 0 Å². The van der Waals surface area contributed by atoms with Crippen LogP contribution in [0.1, 0.15) is 120 Å². The Morgan fingerprint density at radius 3 is 2.04 bits per heavy atom. The molecular formula is C50H81NO17. The molecule has 1 amide bonds. The molecule has 0 aromatic carbocycles. The highest BCUT2D eigenvalue weighted by Crippen LogP contribution is 2.73. The largest absolute Gasteiger partial charge is 0.481 e. The molecule has 21 atom stereocenters. The number of hydrogen-bond acceptors (Lipinski definition) is 16. The van der Waals surface area contributed by atoms with Crippen LogP contribution in [0.2, 0.25) is 0 Å². The number of allylic oxidation sites excluding steroid dienone is 2. The van der Waals surface area contributed by atoms with Gasteiger partial charge in [0, 0.05) is 6.92 Å². The summed E-state index contributed by atoms with van der Waals surface area (Å²) in [6.45, 7) is 19.0. The van der Waals surface area contributed by atoms with Gasteiger partial charge < -0.3 is 79.7 Å². The Kier molecular flexibility index (Phi) is 16.1. The molecule has 5 fully saturated rings.